The van der Waals surface area contributed by atoms with Crippen LogP contribution in [0.1, 0.15) is 24.1 Å². The van der Waals surface area contributed by atoms with Crippen molar-refractivity contribution in [2.24, 2.45) is 5.73 Å². The molecule has 0 amide bonds. The van der Waals surface area contributed by atoms with Crippen molar-refractivity contribution >= 4 is 27.0 Å². The van der Waals surface area contributed by atoms with Gasteiger partial charge in [0.15, 0.2) is 5.58 Å². The number of aromatic nitrogens is 1. The fourth-order valence-electron chi connectivity index (χ4n) is 2.48. The quantitative estimate of drug-likeness (QED) is 0.790. The highest BCUT2D eigenvalue weighted by atomic mass is 79.9. The first-order valence-corrected chi connectivity index (χ1v) is 7.54. The fourth-order valence-corrected chi connectivity index (χ4v) is 3.01. The minimum atomic E-state index is -0.334. The monoisotopic (exact) mass is 346 g/mol. The van der Waals surface area contributed by atoms with Crippen LogP contribution >= 0.6 is 15.9 Å². The molecule has 2 N–H and O–H groups in total. The lowest BCUT2D eigenvalue weighted by atomic mass is 9.99. The summed E-state index contributed by atoms with van der Waals surface area (Å²) in [4.78, 5) is 11.7. The van der Waals surface area contributed by atoms with Gasteiger partial charge in [0.25, 0.3) is 0 Å². The second kappa shape index (κ2) is 5.50. The van der Waals surface area contributed by atoms with E-state index >= 15 is 0 Å². The highest BCUT2D eigenvalue weighted by Gasteiger charge is 2.15. The van der Waals surface area contributed by atoms with E-state index in [4.69, 9.17) is 10.2 Å². The van der Waals surface area contributed by atoms with Gasteiger partial charge in [0, 0.05) is 11.0 Å². The molecule has 21 heavy (non-hydrogen) atoms. The predicted molar refractivity (Wildman–Crippen MR) is 86.3 cm³/mol. The smallest absolute Gasteiger partial charge is 0.408 e. The topological polar surface area (TPSA) is 61.2 Å². The first-order chi connectivity index (χ1) is 10.1. The van der Waals surface area contributed by atoms with Crippen LogP contribution in [-0.4, -0.2) is 4.57 Å². The average Bonchev–Trinajstić information content (AvgIpc) is 2.81. The number of fused-ring (bicyclic) bond motifs is 1. The van der Waals surface area contributed by atoms with Gasteiger partial charge in [-0.25, -0.2) is 4.79 Å². The van der Waals surface area contributed by atoms with Crippen LogP contribution in [0.3, 0.4) is 0 Å². The minimum absolute atomic E-state index is 0.278. The normalized spacial score (nSPS) is 12.7. The lowest BCUT2D eigenvalue weighted by molar-refractivity contribution is 0.513. The van der Waals surface area contributed by atoms with E-state index in [9.17, 15) is 4.79 Å². The molecule has 0 saturated carbocycles. The summed E-state index contributed by atoms with van der Waals surface area (Å²) in [7, 11) is 0. The van der Waals surface area contributed by atoms with Crippen molar-refractivity contribution < 1.29 is 4.42 Å². The van der Waals surface area contributed by atoms with Gasteiger partial charge in [-0.05, 0) is 36.2 Å². The van der Waals surface area contributed by atoms with E-state index in [1.165, 1.54) is 0 Å². The summed E-state index contributed by atoms with van der Waals surface area (Å²) < 4.78 is 7.85. The molecule has 0 fully saturated rings. The van der Waals surface area contributed by atoms with Gasteiger partial charge in [0.2, 0.25) is 0 Å². The first-order valence-electron chi connectivity index (χ1n) is 6.75. The lowest BCUT2D eigenvalue weighted by Gasteiger charge is -2.14. The Hall–Kier alpha value is -1.85. The highest BCUT2D eigenvalue weighted by Crippen LogP contribution is 2.28. The van der Waals surface area contributed by atoms with E-state index in [0.717, 1.165) is 21.1 Å². The molecule has 1 unspecified atom stereocenters. The number of hydrogen-bond donors (Lipinski definition) is 1. The summed E-state index contributed by atoms with van der Waals surface area (Å²) in [6, 6.07) is 13.2. The van der Waals surface area contributed by atoms with Crippen molar-refractivity contribution in [3.8, 4) is 0 Å². The Morgan fingerprint density at radius 1 is 1.29 bits per heavy atom. The number of benzene rings is 2. The third-order valence-electron chi connectivity index (χ3n) is 3.61. The number of hydrogen-bond acceptors (Lipinski definition) is 3. The molecule has 0 aliphatic rings. The van der Waals surface area contributed by atoms with Gasteiger partial charge in [-0.1, -0.05) is 40.2 Å². The Kier molecular flexibility index (Phi) is 3.69. The molecule has 1 atom stereocenters. The van der Waals surface area contributed by atoms with Crippen LogP contribution in [0.5, 0.6) is 0 Å². The second-order valence-corrected chi connectivity index (χ2v) is 5.69. The van der Waals surface area contributed by atoms with Gasteiger partial charge in [0.05, 0.1) is 11.6 Å². The predicted octanol–water partition coefficient (Wildman–Crippen LogP) is 3.43. The Morgan fingerprint density at radius 2 is 2.05 bits per heavy atom. The molecular formula is C16H15BrN2O2. The summed E-state index contributed by atoms with van der Waals surface area (Å²) in [6.45, 7) is 2.50. The van der Waals surface area contributed by atoms with E-state index in [2.05, 4.69) is 15.9 Å². The summed E-state index contributed by atoms with van der Waals surface area (Å²) in [5, 5.41) is 0. The zero-order valence-corrected chi connectivity index (χ0v) is 13.1. The van der Waals surface area contributed by atoms with Gasteiger partial charge in [0.1, 0.15) is 0 Å². The average molecular weight is 347 g/mol. The number of aryl methyl sites for hydroxylation is 1. The Labute approximate surface area is 130 Å². The molecule has 108 valence electrons. The fraction of sp³-hybridized carbons (Fsp3) is 0.188. The molecule has 0 bridgehead atoms. The van der Waals surface area contributed by atoms with Crippen LogP contribution in [-0.2, 0) is 6.54 Å². The molecule has 0 aliphatic carbocycles. The highest BCUT2D eigenvalue weighted by molar-refractivity contribution is 9.10. The molecule has 1 heterocycles. The lowest BCUT2D eigenvalue weighted by Crippen LogP contribution is -2.13. The molecule has 1 aromatic heterocycles. The van der Waals surface area contributed by atoms with Gasteiger partial charge in [-0.15, -0.1) is 0 Å². The molecular weight excluding hydrogens is 332 g/mol. The molecule has 0 saturated heterocycles. The van der Waals surface area contributed by atoms with E-state index in [1.807, 2.05) is 49.4 Å². The number of oxazole rings is 1. The zero-order valence-electron chi connectivity index (χ0n) is 11.5. The van der Waals surface area contributed by atoms with Gasteiger partial charge in [-0.3, -0.25) is 4.57 Å². The number of nitrogens with two attached hydrogens (primary N) is 1. The van der Waals surface area contributed by atoms with Gasteiger partial charge < -0.3 is 10.2 Å². The molecule has 5 heteroatoms. The van der Waals surface area contributed by atoms with E-state index in [0.29, 0.717) is 12.1 Å². The van der Waals surface area contributed by atoms with E-state index in [1.54, 1.807) is 4.57 Å². The summed E-state index contributed by atoms with van der Waals surface area (Å²) in [6.07, 6.45) is 0. The van der Waals surface area contributed by atoms with Crippen molar-refractivity contribution in [1.82, 2.24) is 4.57 Å². The van der Waals surface area contributed by atoms with Crippen LogP contribution < -0.4 is 11.5 Å². The molecule has 3 aromatic rings. The maximum absolute atomic E-state index is 11.7. The SMILES string of the molecule is CCn1c(=O)oc2cc(C(N)c3ccccc3Br)ccc21. The molecule has 4 nitrogen and oxygen atoms in total. The maximum atomic E-state index is 11.7. The Bertz CT molecular complexity index is 851. The Morgan fingerprint density at radius 3 is 2.76 bits per heavy atom. The molecule has 0 radical (unpaired) electrons. The van der Waals surface area contributed by atoms with Gasteiger partial charge >= 0.3 is 5.76 Å². The summed E-state index contributed by atoms with van der Waals surface area (Å²) >= 11 is 3.51. The third kappa shape index (κ3) is 2.43. The molecule has 2 aromatic carbocycles. The maximum Gasteiger partial charge on any atom is 0.419 e. The van der Waals surface area contributed by atoms with Crippen molar-refractivity contribution in [2.45, 2.75) is 19.5 Å². The van der Waals surface area contributed by atoms with Crippen LogP contribution in [0.15, 0.2) is 56.1 Å². The van der Waals surface area contributed by atoms with E-state index < -0.39 is 0 Å². The zero-order chi connectivity index (χ0) is 15.0. The summed E-state index contributed by atoms with van der Waals surface area (Å²) in [5.74, 6) is -0.334. The van der Waals surface area contributed by atoms with Crippen molar-refractivity contribution in [3.63, 3.8) is 0 Å². The second-order valence-electron chi connectivity index (χ2n) is 4.84. The number of halogens is 1. The Balaban J connectivity index is 2.09. The standard InChI is InChI=1S/C16H15BrN2O2/c1-2-19-13-8-7-10(9-14(13)21-16(19)20)15(18)11-5-3-4-6-12(11)17/h3-9,15H,2,18H2,1H3. The number of nitrogens with zero attached hydrogens (tertiary/aromatic N) is 1. The van der Waals surface area contributed by atoms with Gasteiger partial charge in [-0.2, -0.15) is 0 Å². The van der Waals surface area contributed by atoms with Crippen molar-refractivity contribution in [2.75, 3.05) is 0 Å². The van der Waals surface area contributed by atoms with Crippen LogP contribution in [0, 0.1) is 0 Å². The summed E-state index contributed by atoms with van der Waals surface area (Å²) in [5.41, 5.74) is 9.60. The van der Waals surface area contributed by atoms with E-state index in [-0.39, 0.29) is 11.8 Å². The van der Waals surface area contributed by atoms with Crippen LogP contribution in [0.4, 0.5) is 0 Å². The minimum Gasteiger partial charge on any atom is -0.408 e. The molecule has 3 rings (SSSR count). The molecule has 0 spiro atoms. The molecule has 0 aliphatic heterocycles. The largest absolute Gasteiger partial charge is 0.419 e. The van der Waals surface area contributed by atoms with Crippen LogP contribution in [0.2, 0.25) is 0 Å². The number of rotatable bonds is 3. The van der Waals surface area contributed by atoms with Crippen molar-refractivity contribution in [1.29, 1.82) is 0 Å². The third-order valence-corrected chi connectivity index (χ3v) is 4.33. The van der Waals surface area contributed by atoms with Crippen LogP contribution in [0.25, 0.3) is 11.1 Å². The first kappa shape index (κ1) is 14.1. The van der Waals surface area contributed by atoms with Crippen molar-refractivity contribution in [3.05, 3.63) is 68.6 Å².